The molecule has 1 aliphatic heterocycles. The Bertz CT molecular complexity index is 1130. The van der Waals surface area contributed by atoms with Crippen molar-refractivity contribution < 1.29 is 24.2 Å². The Balaban J connectivity index is 1.72. The van der Waals surface area contributed by atoms with Crippen LogP contribution in [0.25, 0.3) is 6.08 Å². The molecule has 1 aliphatic rings. The number of carbonyl (C=O) groups is 2. The third kappa shape index (κ3) is 6.15. The molecule has 0 aliphatic carbocycles. The summed E-state index contributed by atoms with van der Waals surface area (Å²) in [5.41, 5.74) is 5.56. The average molecular weight is 486 g/mol. The van der Waals surface area contributed by atoms with Gasteiger partial charge in [-0.25, -0.2) is 0 Å². The first-order valence-electron chi connectivity index (χ1n) is 10.5. The lowest BCUT2D eigenvalue weighted by Crippen LogP contribution is -2.29. The maximum Gasteiger partial charge on any atom is 0.303 e. The lowest BCUT2D eigenvalue weighted by molar-refractivity contribution is -0.137. The molecule has 8 heteroatoms. The SMILES string of the molecule is COc1cc(/C=C2/SC(=S)N(CCCC(=O)O)C2=O)ccc1OCc1cc(C)c(C)cc1C. The average Bonchev–Trinajstić information content (AvgIpc) is 3.02. The molecule has 0 aromatic heterocycles. The number of ether oxygens (including phenoxy) is 2. The van der Waals surface area contributed by atoms with Crippen LogP contribution in [0, 0.1) is 20.8 Å². The zero-order valence-electron chi connectivity index (χ0n) is 19.1. The normalized spacial score (nSPS) is 14.8. The summed E-state index contributed by atoms with van der Waals surface area (Å²) < 4.78 is 12.0. The molecule has 1 fully saturated rings. The van der Waals surface area contributed by atoms with Gasteiger partial charge in [-0.15, -0.1) is 0 Å². The summed E-state index contributed by atoms with van der Waals surface area (Å²) in [4.78, 5) is 25.4. The number of rotatable bonds is 9. The number of hydrogen-bond acceptors (Lipinski definition) is 6. The van der Waals surface area contributed by atoms with E-state index in [2.05, 4.69) is 32.9 Å². The van der Waals surface area contributed by atoms with Gasteiger partial charge in [-0.2, -0.15) is 0 Å². The minimum absolute atomic E-state index is 0.00352. The van der Waals surface area contributed by atoms with Gasteiger partial charge in [0.25, 0.3) is 5.91 Å². The number of hydrogen-bond donors (Lipinski definition) is 1. The van der Waals surface area contributed by atoms with Crippen molar-refractivity contribution in [3.8, 4) is 11.5 Å². The van der Waals surface area contributed by atoms with Gasteiger partial charge in [0.05, 0.1) is 12.0 Å². The molecule has 2 aromatic rings. The highest BCUT2D eigenvalue weighted by Gasteiger charge is 2.31. The lowest BCUT2D eigenvalue weighted by Gasteiger charge is -2.14. The molecule has 33 heavy (non-hydrogen) atoms. The maximum atomic E-state index is 12.7. The van der Waals surface area contributed by atoms with E-state index >= 15 is 0 Å². The second-order valence-electron chi connectivity index (χ2n) is 7.89. The lowest BCUT2D eigenvalue weighted by atomic mass is 10.0. The number of thioether (sulfide) groups is 1. The van der Waals surface area contributed by atoms with Crippen LogP contribution in [-0.2, 0) is 16.2 Å². The molecule has 0 bridgehead atoms. The molecule has 2 aromatic carbocycles. The van der Waals surface area contributed by atoms with Crippen LogP contribution in [0.3, 0.4) is 0 Å². The predicted molar refractivity (Wildman–Crippen MR) is 135 cm³/mol. The van der Waals surface area contributed by atoms with Gasteiger partial charge in [0.2, 0.25) is 0 Å². The number of aliphatic carboxylic acids is 1. The van der Waals surface area contributed by atoms with E-state index < -0.39 is 5.97 Å². The van der Waals surface area contributed by atoms with Crippen LogP contribution in [0.1, 0.15) is 40.7 Å². The molecule has 174 valence electrons. The predicted octanol–water partition coefficient (Wildman–Crippen LogP) is 5.27. The number of amides is 1. The van der Waals surface area contributed by atoms with Crippen LogP contribution in [-0.4, -0.2) is 39.9 Å². The van der Waals surface area contributed by atoms with Crippen molar-refractivity contribution in [1.29, 1.82) is 0 Å². The van der Waals surface area contributed by atoms with Gasteiger partial charge in [0.15, 0.2) is 11.5 Å². The van der Waals surface area contributed by atoms with Crippen LogP contribution in [0.15, 0.2) is 35.2 Å². The smallest absolute Gasteiger partial charge is 0.303 e. The second kappa shape index (κ2) is 10.9. The Morgan fingerprint density at radius 3 is 2.55 bits per heavy atom. The van der Waals surface area contributed by atoms with Crippen molar-refractivity contribution in [1.82, 2.24) is 4.90 Å². The monoisotopic (exact) mass is 485 g/mol. The van der Waals surface area contributed by atoms with Crippen LogP contribution in [0.4, 0.5) is 0 Å². The molecule has 1 heterocycles. The molecular weight excluding hydrogens is 458 g/mol. The number of carboxylic acids is 1. The fraction of sp³-hybridized carbons (Fsp3) is 0.320. The fourth-order valence-corrected chi connectivity index (χ4v) is 4.77. The maximum absolute atomic E-state index is 12.7. The summed E-state index contributed by atoms with van der Waals surface area (Å²) in [6.45, 7) is 6.98. The van der Waals surface area contributed by atoms with E-state index in [4.69, 9.17) is 26.8 Å². The van der Waals surface area contributed by atoms with Crippen molar-refractivity contribution >= 4 is 46.3 Å². The van der Waals surface area contributed by atoms with E-state index in [1.807, 2.05) is 18.2 Å². The van der Waals surface area contributed by atoms with Gasteiger partial charge in [0.1, 0.15) is 10.9 Å². The Morgan fingerprint density at radius 1 is 1.12 bits per heavy atom. The Morgan fingerprint density at radius 2 is 1.85 bits per heavy atom. The highest BCUT2D eigenvalue weighted by Crippen LogP contribution is 2.35. The summed E-state index contributed by atoms with van der Waals surface area (Å²) in [5.74, 6) is 0.0913. The van der Waals surface area contributed by atoms with Gasteiger partial charge in [-0.05, 0) is 73.2 Å². The quantitative estimate of drug-likeness (QED) is 0.383. The molecule has 1 saturated heterocycles. The van der Waals surface area contributed by atoms with Gasteiger partial charge in [-0.1, -0.05) is 42.2 Å². The van der Waals surface area contributed by atoms with Crippen molar-refractivity contribution in [3.05, 3.63) is 63.1 Å². The summed E-state index contributed by atoms with van der Waals surface area (Å²) in [5, 5.41) is 8.80. The fourth-order valence-electron chi connectivity index (χ4n) is 3.46. The summed E-state index contributed by atoms with van der Waals surface area (Å²) in [6.07, 6.45) is 2.11. The molecule has 0 unspecified atom stereocenters. The number of nitrogens with zero attached hydrogens (tertiary/aromatic N) is 1. The molecule has 3 rings (SSSR count). The van der Waals surface area contributed by atoms with E-state index in [0.717, 1.165) is 11.1 Å². The number of benzene rings is 2. The summed E-state index contributed by atoms with van der Waals surface area (Å²) in [6, 6.07) is 9.81. The first-order chi connectivity index (χ1) is 15.7. The Hall–Kier alpha value is -2.84. The number of methoxy groups -OCH3 is 1. The molecular formula is C25H27NO5S2. The zero-order valence-corrected chi connectivity index (χ0v) is 20.8. The third-order valence-electron chi connectivity index (χ3n) is 5.47. The third-order valence-corrected chi connectivity index (χ3v) is 6.84. The van der Waals surface area contributed by atoms with E-state index in [0.29, 0.717) is 40.3 Å². The molecule has 0 radical (unpaired) electrons. The van der Waals surface area contributed by atoms with Gasteiger partial charge < -0.3 is 14.6 Å². The second-order valence-corrected chi connectivity index (χ2v) is 9.57. The minimum Gasteiger partial charge on any atom is -0.493 e. The first kappa shape index (κ1) is 24.8. The summed E-state index contributed by atoms with van der Waals surface area (Å²) in [7, 11) is 1.58. The Kier molecular flexibility index (Phi) is 8.15. The summed E-state index contributed by atoms with van der Waals surface area (Å²) >= 11 is 6.52. The number of carbonyl (C=O) groups excluding carboxylic acids is 1. The number of aryl methyl sites for hydroxylation is 3. The Labute approximate surface area is 203 Å². The number of thiocarbonyl (C=S) groups is 1. The largest absolute Gasteiger partial charge is 0.493 e. The van der Waals surface area contributed by atoms with Crippen molar-refractivity contribution in [2.24, 2.45) is 0 Å². The highest BCUT2D eigenvalue weighted by atomic mass is 32.2. The van der Waals surface area contributed by atoms with E-state index in [9.17, 15) is 9.59 Å². The van der Waals surface area contributed by atoms with E-state index in [-0.39, 0.29) is 12.3 Å². The van der Waals surface area contributed by atoms with Gasteiger partial charge >= 0.3 is 5.97 Å². The number of carboxylic acid groups (broad SMARTS) is 1. The zero-order chi connectivity index (χ0) is 24.1. The van der Waals surface area contributed by atoms with Gasteiger partial charge in [-0.3, -0.25) is 14.5 Å². The van der Waals surface area contributed by atoms with Crippen LogP contribution in [0.5, 0.6) is 11.5 Å². The molecule has 0 saturated carbocycles. The van der Waals surface area contributed by atoms with Crippen molar-refractivity contribution in [2.45, 2.75) is 40.2 Å². The standard InChI is InChI=1S/C25H27NO5S2/c1-15-10-17(3)19(11-16(15)2)14-31-20-8-7-18(12-21(20)30-4)13-22-24(29)26(25(32)33-22)9-5-6-23(27)28/h7-8,10-13H,5-6,9,14H2,1-4H3,(H,27,28)/b22-13+. The topological polar surface area (TPSA) is 76.1 Å². The van der Waals surface area contributed by atoms with E-state index in [1.165, 1.54) is 33.4 Å². The molecule has 0 atom stereocenters. The van der Waals surface area contributed by atoms with Crippen LogP contribution >= 0.6 is 24.0 Å². The van der Waals surface area contributed by atoms with Gasteiger partial charge in [0, 0.05) is 13.0 Å². The first-order valence-corrected chi connectivity index (χ1v) is 11.8. The molecule has 1 N–H and O–H groups in total. The van der Waals surface area contributed by atoms with Crippen LogP contribution in [0.2, 0.25) is 0 Å². The molecule has 1 amide bonds. The van der Waals surface area contributed by atoms with Crippen molar-refractivity contribution in [3.63, 3.8) is 0 Å². The molecule has 6 nitrogen and oxygen atoms in total. The van der Waals surface area contributed by atoms with E-state index in [1.54, 1.807) is 13.2 Å². The minimum atomic E-state index is -0.891. The molecule has 0 spiro atoms. The van der Waals surface area contributed by atoms with Crippen LogP contribution < -0.4 is 9.47 Å². The van der Waals surface area contributed by atoms with Crippen molar-refractivity contribution in [2.75, 3.05) is 13.7 Å². The highest BCUT2D eigenvalue weighted by molar-refractivity contribution is 8.26.